The molecule has 0 heterocycles. The zero-order valence-corrected chi connectivity index (χ0v) is 18.3. The number of alkyl halides is 6. The summed E-state index contributed by atoms with van der Waals surface area (Å²) in [5, 5.41) is 15.2. The van der Waals surface area contributed by atoms with E-state index in [4.69, 9.17) is 23.2 Å². The van der Waals surface area contributed by atoms with Gasteiger partial charge in [0.2, 0.25) is 0 Å². The van der Waals surface area contributed by atoms with Gasteiger partial charge in [-0.15, -0.1) is 0 Å². The summed E-state index contributed by atoms with van der Waals surface area (Å²) in [4.78, 5) is 12.4. The molecule has 0 saturated carbocycles. The highest BCUT2D eigenvalue weighted by molar-refractivity contribution is 6.34. The van der Waals surface area contributed by atoms with Crippen LogP contribution in [0.4, 0.5) is 37.7 Å². The number of hydrogen-bond donors (Lipinski definition) is 3. The van der Waals surface area contributed by atoms with Crippen molar-refractivity contribution >= 4 is 40.5 Å². The van der Waals surface area contributed by atoms with Gasteiger partial charge in [-0.05, 0) is 60.2 Å². The molecule has 12 heteroatoms. The molecule has 3 N–H and O–H groups in total. The van der Waals surface area contributed by atoms with Gasteiger partial charge in [0.1, 0.15) is 5.75 Å². The number of rotatable bonds is 5. The average Bonchev–Trinajstić information content (AvgIpc) is 2.74. The molecule has 0 aromatic heterocycles. The van der Waals surface area contributed by atoms with E-state index in [2.05, 4.69) is 10.6 Å². The van der Waals surface area contributed by atoms with Crippen LogP contribution in [0.5, 0.6) is 5.75 Å². The Bertz CT molecular complexity index is 1200. The molecular formula is C22H14Cl2F6N2O2. The van der Waals surface area contributed by atoms with Crippen LogP contribution in [-0.2, 0) is 18.9 Å². The lowest BCUT2D eigenvalue weighted by Gasteiger charge is -2.15. The number of phenolic OH excluding ortho intramolecular Hbond substituents is 1. The minimum atomic E-state index is -4.95. The first kappa shape index (κ1) is 25.5. The lowest BCUT2D eigenvalue weighted by Crippen LogP contribution is -2.13. The van der Waals surface area contributed by atoms with Gasteiger partial charge in [0.05, 0.1) is 27.4 Å². The van der Waals surface area contributed by atoms with Crippen molar-refractivity contribution in [1.82, 2.24) is 0 Å². The SMILES string of the molecule is O=C(Nc1ccc(NCc2cc(C(F)(F)F)cc(C(F)(F)F)c2)cc1Cl)c1cc(Cl)ccc1O. The van der Waals surface area contributed by atoms with E-state index in [1.165, 1.54) is 36.4 Å². The Morgan fingerprint density at radius 1 is 0.853 bits per heavy atom. The molecule has 180 valence electrons. The highest BCUT2D eigenvalue weighted by Crippen LogP contribution is 2.36. The van der Waals surface area contributed by atoms with Gasteiger partial charge in [0, 0.05) is 17.3 Å². The van der Waals surface area contributed by atoms with Crippen LogP contribution in [0.1, 0.15) is 27.0 Å². The maximum Gasteiger partial charge on any atom is 0.416 e. The van der Waals surface area contributed by atoms with Crippen molar-refractivity contribution in [3.05, 3.63) is 86.9 Å². The fourth-order valence-electron chi connectivity index (χ4n) is 2.93. The Hall–Kier alpha value is -3.11. The van der Waals surface area contributed by atoms with E-state index >= 15 is 0 Å². The number of halogens is 8. The Kier molecular flexibility index (Phi) is 7.23. The van der Waals surface area contributed by atoms with E-state index in [1.54, 1.807) is 0 Å². The van der Waals surface area contributed by atoms with E-state index < -0.39 is 29.4 Å². The molecule has 34 heavy (non-hydrogen) atoms. The first-order chi connectivity index (χ1) is 15.7. The molecule has 0 atom stereocenters. The molecule has 3 aromatic rings. The van der Waals surface area contributed by atoms with Crippen molar-refractivity contribution in [2.75, 3.05) is 10.6 Å². The van der Waals surface area contributed by atoms with Gasteiger partial charge in [0.15, 0.2) is 0 Å². The average molecular weight is 523 g/mol. The third-order valence-electron chi connectivity index (χ3n) is 4.56. The first-order valence-corrected chi connectivity index (χ1v) is 10.1. The quantitative estimate of drug-likeness (QED) is 0.302. The summed E-state index contributed by atoms with van der Waals surface area (Å²) in [5.74, 6) is -1.01. The molecule has 0 aliphatic heterocycles. The van der Waals surface area contributed by atoms with Crippen LogP contribution >= 0.6 is 23.2 Å². The van der Waals surface area contributed by atoms with E-state index in [9.17, 15) is 36.2 Å². The maximum absolute atomic E-state index is 13.0. The number of nitrogens with one attached hydrogen (secondary N) is 2. The van der Waals surface area contributed by atoms with Crippen molar-refractivity contribution < 1.29 is 36.2 Å². The second kappa shape index (κ2) is 9.63. The molecule has 1 amide bonds. The molecular weight excluding hydrogens is 509 g/mol. The summed E-state index contributed by atoms with van der Waals surface area (Å²) in [7, 11) is 0. The van der Waals surface area contributed by atoms with E-state index in [0.717, 1.165) is 0 Å². The monoisotopic (exact) mass is 522 g/mol. The number of phenols is 1. The lowest BCUT2D eigenvalue weighted by molar-refractivity contribution is -0.143. The minimum absolute atomic E-state index is 0.0277. The van der Waals surface area contributed by atoms with Crippen molar-refractivity contribution in [2.24, 2.45) is 0 Å². The Balaban J connectivity index is 1.76. The van der Waals surface area contributed by atoms with Crippen LogP contribution in [0.3, 0.4) is 0 Å². The van der Waals surface area contributed by atoms with Crippen LogP contribution in [-0.4, -0.2) is 11.0 Å². The van der Waals surface area contributed by atoms with Crippen molar-refractivity contribution in [2.45, 2.75) is 18.9 Å². The lowest BCUT2D eigenvalue weighted by atomic mass is 10.0. The van der Waals surface area contributed by atoms with Crippen LogP contribution < -0.4 is 10.6 Å². The fourth-order valence-corrected chi connectivity index (χ4v) is 3.33. The Labute approximate surface area is 199 Å². The summed E-state index contributed by atoms with van der Waals surface area (Å²) in [5.41, 5.74) is -2.75. The van der Waals surface area contributed by atoms with Crippen molar-refractivity contribution in [1.29, 1.82) is 0 Å². The molecule has 3 rings (SSSR count). The molecule has 0 radical (unpaired) electrons. The first-order valence-electron chi connectivity index (χ1n) is 9.35. The highest BCUT2D eigenvalue weighted by Gasteiger charge is 2.36. The van der Waals surface area contributed by atoms with E-state index in [1.807, 2.05) is 0 Å². The maximum atomic E-state index is 13.0. The smallest absolute Gasteiger partial charge is 0.416 e. The highest BCUT2D eigenvalue weighted by atomic mass is 35.5. The van der Waals surface area contributed by atoms with E-state index in [-0.39, 0.29) is 50.9 Å². The molecule has 0 saturated heterocycles. The van der Waals surface area contributed by atoms with Gasteiger partial charge >= 0.3 is 12.4 Å². The molecule has 0 aliphatic carbocycles. The topological polar surface area (TPSA) is 61.4 Å². The normalized spacial score (nSPS) is 11.9. The third-order valence-corrected chi connectivity index (χ3v) is 5.11. The molecule has 0 unspecified atom stereocenters. The van der Waals surface area contributed by atoms with E-state index in [0.29, 0.717) is 12.1 Å². The van der Waals surface area contributed by atoms with Crippen LogP contribution in [0, 0.1) is 0 Å². The summed E-state index contributed by atoms with van der Waals surface area (Å²) in [6.45, 7) is -0.356. The number of aromatic hydroxyl groups is 1. The molecule has 0 spiro atoms. The number of carbonyl (C=O) groups is 1. The number of benzene rings is 3. The molecule has 0 bridgehead atoms. The molecule has 3 aromatic carbocycles. The number of amides is 1. The largest absolute Gasteiger partial charge is 0.507 e. The molecule has 0 aliphatic rings. The summed E-state index contributed by atoms with van der Waals surface area (Å²) in [6, 6.07) is 9.29. The standard InChI is InChI=1S/C22H14Cl2F6N2O2/c23-14-1-4-19(33)16(8-14)20(34)32-18-3-2-15(9-17(18)24)31-10-11-5-12(21(25,26)27)7-13(6-11)22(28,29)30/h1-9,31,33H,10H2,(H,32,34). The van der Waals surface area contributed by atoms with Gasteiger partial charge in [-0.1, -0.05) is 23.2 Å². The second-order valence-corrected chi connectivity index (χ2v) is 7.92. The van der Waals surface area contributed by atoms with Gasteiger partial charge in [-0.25, -0.2) is 0 Å². The number of anilines is 2. The van der Waals surface area contributed by atoms with Gasteiger partial charge in [-0.3, -0.25) is 4.79 Å². The van der Waals surface area contributed by atoms with Crippen LogP contribution in [0.2, 0.25) is 10.0 Å². The Morgan fingerprint density at radius 3 is 2.03 bits per heavy atom. The summed E-state index contributed by atoms with van der Waals surface area (Å²) < 4.78 is 78.0. The number of carbonyl (C=O) groups excluding carboxylic acids is 1. The third kappa shape index (κ3) is 6.27. The zero-order valence-electron chi connectivity index (χ0n) is 16.8. The van der Waals surface area contributed by atoms with Crippen molar-refractivity contribution in [3.8, 4) is 5.75 Å². The van der Waals surface area contributed by atoms with Gasteiger partial charge in [-0.2, -0.15) is 26.3 Å². The predicted octanol–water partition coefficient (Wildman–Crippen LogP) is 7.60. The van der Waals surface area contributed by atoms with Crippen LogP contribution in [0.25, 0.3) is 0 Å². The summed E-state index contributed by atoms with van der Waals surface area (Å²) in [6.07, 6.45) is -9.90. The van der Waals surface area contributed by atoms with Gasteiger partial charge < -0.3 is 15.7 Å². The summed E-state index contributed by atoms with van der Waals surface area (Å²) >= 11 is 12.0. The van der Waals surface area contributed by atoms with Gasteiger partial charge in [0.25, 0.3) is 5.91 Å². The number of hydrogen-bond acceptors (Lipinski definition) is 3. The zero-order chi connectivity index (χ0) is 25.3. The minimum Gasteiger partial charge on any atom is -0.507 e. The predicted molar refractivity (Wildman–Crippen MR) is 116 cm³/mol. The molecule has 0 fully saturated rings. The fraction of sp³-hybridized carbons (Fsp3) is 0.136. The molecule has 4 nitrogen and oxygen atoms in total. The Morgan fingerprint density at radius 2 is 1.47 bits per heavy atom. The second-order valence-electron chi connectivity index (χ2n) is 7.08. The van der Waals surface area contributed by atoms with Crippen molar-refractivity contribution in [3.63, 3.8) is 0 Å². The van der Waals surface area contributed by atoms with Crippen LogP contribution in [0.15, 0.2) is 54.6 Å².